The number of allylic oxidation sites excluding steroid dienone is 2. The minimum atomic E-state index is -0.780. The van der Waals surface area contributed by atoms with E-state index in [0.29, 0.717) is 19.3 Å². The summed E-state index contributed by atoms with van der Waals surface area (Å²) in [5, 5.41) is 23.6. The molecule has 3 N–H and O–H groups in total. The predicted molar refractivity (Wildman–Crippen MR) is 227 cm³/mol. The van der Waals surface area contributed by atoms with E-state index in [4.69, 9.17) is 4.74 Å². The summed E-state index contributed by atoms with van der Waals surface area (Å²) < 4.78 is 5.88. The molecule has 0 rings (SSSR count). The Kier molecular flexibility index (Phi) is 40.7. The van der Waals surface area contributed by atoms with Gasteiger partial charge in [-0.2, -0.15) is 0 Å². The molecule has 0 fully saturated rings. The van der Waals surface area contributed by atoms with Crippen molar-refractivity contribution in [3.05, 3.63) is 12.2 Å². The fourth-order valence-electron chi connectivity index (χ4n) is 7.25. The molecular formula is C47H91NO5. The van der Waals surface area contributed by atoms with Gasteiger partial charge in [-0.15, -0.1) is 0 Å². The van der Waals surface area contributed by atoms with Crippen LogP contribution in [0.15, 0.2) is 12.2 Å². The molecule has 6 heteroatoms. The van der Waals surface area contributed by atoms with E-state index in [2.05, 4.69) is 38.2 Å². The molecule has 0 aromatic heterocycles. The van der Waals surface area contributed by atoms with E-state index in [1.54, 1.807) is 0 Å². The van der Waals surface area contributed by atoms with Gasteiger partial charge in [0, 0.05) is 6.42 Å². The predicted octanol–water partition coefficient (Wildman–Crippen LogP) is 13.4. The van der Waals surface area contributed by atoms with Gasteiger partial charge in [0.15, 0.2) is 0 Å². The van der Waals surface area contributed by atoms with Crippen LogP contribution in [0.2, 0.25) is 0 Å². The van der Waals surface area contributed by atoms with Crippen molar-refractivity contribution in [2.75, 3.05) is 6.61 Å². The molecule has 0 spiro atoms. The first-order chi connectivity index (χ1) is 26.0. The van der Waals surface area contributed by atoms with Crippen molar-refractivity contribution in [3.63, 3.8) is 0 Å². The summed E-state index contributed by atoms with van der Waals surface area (Å²) in [6.07, 6.45) is 44.2. The van der Waals surface area contributed by atoms with Crippen molar-refractivity contribution in [1.29, 1.82) is 0 Å². The van der Waals surface area contributed by atoms with Crippen LogP contribution in [0.4, 0.5) is 0 Å². The molecule has 53 heavy (non-hydrogen) atoms. The van der Waals surface area contributed by atoms with E-state index in [0.717, 1.165) is 44.9 Å². The molecule has 3 atom stereocenters. The third-order valence-corrected chi connectivity index (χ3v) is 10.8. The lowest BCUT2D eigenvalue weighted by atomic mass is 10.0. The van der Waals surface area contributed by atoms with Gasteiger partial charge in [-0.1, -0.05) is 200 Å². The molecule has 0 bridgehead atoms. The van der Waals surface area contributed by atoms with Crippen LogP contribution in [0, 0.1) is 0 Å². The second-order valence-corrected chi connectivity index (χ2v) is 16.2. The van der Waals surface area contributed by atoms with Crippen molar-refractivity contribution >= 4 is 11.9 Å². The number of hydrogen-bond donors (Lipinski definition) is 3. The minimum absolute atomic E-state index is 0.0808. The highest BCUT2D eigenvalue weighted by molar-refractivity contribution is 5.77. The summed E-state index contributed by atoms with van der Waals surface area (Å²) in [4.78, 5) is 25.9. The molecule has 0 aliphatic carbocycles. The lowest BCUT2D eigenvalue weighted by Gasteiger charge is -2.24. The second-order valence-electron chi connectivity index (χ2n) is 16.2. The third kappa shape index (κ3) is 37.3. The molecule has 0 saturated heterocycles. The Morgan fingerprint density at radius 3 is 1.36 bits per heavy atom. The lowest BCUT2D eigenvalue weighted by Crippen LogP contribution is -2.46. The van der Waals surface area contributed by atoms with Crippen LogP contribution in [0.3, 0.4) is 0 Å². The van der Waals surface area contributed by atoms with Crippen LogP contribution in [-0.2, 0) is 14.3 Å². The maximum atomic E-state index is 13.1. The molecule has 0 radical (unpaired) electrons. The van der Waals surface area contributed by atoms with Crippen LogP contribution in [0.25, 0.3) is 0 Å². The number of esters is 1. The Bertz CT molecular complexity index is 802. The first-order valence-corrected chi connectivity index (χ1v) is 23.4. The molecule has 6 nitrogen and oxygen atoms in total. The number of unbranched alkanes of at least 4 members (excludes halogenated alkanes) is 28. The Balaban J connectivity index is 4.40. The highest BCUT2D eigenvalue weighted by Gasteiger charge is 2.24. The number of carbonyl (C=O) groups is 2. The van der Waals surface area contributed by atoms with Gasteiger partial charge in [0.1, 0.15) is 6.10 Å². The number of carbonyl (C=O) groups excluding carboxylic acids is 2. The first-order valence-electron chi connectivity index (χ1n) is 23.4. The van der Waals surface area contributed by atoms with Crippen LogP contribution in [0.1, 0.15) is 252 Å². The van der Waals surface area contributed by atoms with Crippen LogP contribution < -0.4 is 5.32 Å². The van der Waals surface area contributed by atoms with E-state index in [1.165, 1.54) is 161 Å². The third-order valence-electron chi connectivity index (χ3n) is 10.8. The van der Waals surface area contributed by atoms with Gasteiger partial charge in [0.2, 0.25) is 5.91 Å². The molecule has 0 saturated carbocycles. The van der Waals surface area contributed by atoms with Gasteiger partial charge in [0.05, 0.1) is 25.2 Å². The molecule has 0 aliphatic rings. The summed E-state index contributed by atoms with van der Waals surface area (Å²) in [6.45, 7) is 6.44. The normalized spacial score (nSPS) is 13.4. The van der Waals surface area contributed by atoms with Gasteiger partial charge in [-0.05, 0) is 51.4 Å². The zero-order valence-electron chi connectivity index (χ0n) is 35.7. The monoisotopic (exact) mass is 750 g/mol. The molecule has 0 aliphatic heterocycles. The van der Waals surface area contributed by atoms with Crippen molar-refractivity contribution in [2.24, 2.45) is 0 Å². The topological polar surface area (TPSA) is 95.9 Å². The van der Waals surface area contributed by atoms with Gasteiger partial charge in [0.25, 0.3) is 0 Å². The lowest BCUT2D eigenvalue weighted by molar-refractivity contribution is -0.151. The number of nitrogens with one attached hydrogen (secondary N) is 1. The number of rotatable bonds is 42. The minimum Gasteiger partial charge on any atom is -0.462 e. The van der Waals surface area contributed by atoms with Crippen LogP contribution in [-0.4, -0.2) is 46.9 Å². The maximum Gasteiger partial charge on any atom is 0.306 e. The standard InChI is InChI=1S/C47H91NO5/c1-4-7-10-13-16-18-20-22-23-24-26-28-31-34-37-40-47(52)53-43(38-35-32-29-15-12-9-6-3)41-46(51)48-44(42-49)45(50)39-36-33-30-27-25-21-19-17-14-11-8-5-2/h18,20,43-45,49-50H,4-17,19,21-42H2,1-3H3,(H,48,51)/b20-18-. The number of ether oxygens (including phenoxy) is 1. The highest BCUT2D eigenvalue weighted by Crippen LogP contribution is 2.18. The van der Waals surface area contributed by atoms with Crippen molar-refractivity contribution in [1.82, 2.24) is 5.32 Å². The quantitative estimate of drug-likeness (QED) is 0.0328. The molecule has 3 unspecified atom stereocenters. The number of amides is 1. The van der Waals surface area contributed by atoms with E-state index in [9.17, 15) is 19.8 Å². The summed E-state index contributed by atoms with van der Waals surface area (Å²) >= 11 is 0. The second kappa shape index (κ2) is 41.8. The number of aliphatic hydroxyl groups excluding tert-OH is 2. The summed E-state index contributed by atoms with van der Waals surface area (Å²) in [6, 6.07) is -0.693. The Hall–Kier alpha value is -1.40. The summed E-state index contributed by atoms with van der Waals surface area (Å²) in [7, 11) is 0. The Morgan fingerprint density at radius 2 is 0.906 bits per heavy atom. The molecule has 0 heterocycles. The van der Waals surface area contributed by atoms with Gasteiger partial charge < -0.3 is 20.3 Å². The van der Waals surface area contributed by atoms with E-state index in [1.807, 2.05) is 0 Å². The molecule has 0 aromatic rings. The highest BCUT2D eigenvalue weighted by atomic mass is 16.5. The Labute approximate surface area is 329 Å². The SMILES string of the molecule is CCCCCC/C=C\CCCCCCCCCC(=O)OC(CCCCCCCCC)CC(=O)NC(CO)C(O)CCCCCCCCCCCCCC. The molecule has 314 valence electrons. The molecule has 1 amide bonds. The van der Waals surface area contributed by atoms with Crippen molar-refractivity contribution in [2.45, 2.75) is 270 Å². The van der Waals surface area contributed by atoms with Crippen LogP contribution in [0.5, 0.6) is 0 Å². The maximum absolute atomic E-state index is 13.1. The van der Waals surface area contributed by atoms with Gasteiger partial charge >= 0.3 is 5.97 Å². The summed E-state index contributed by atoms with van der Waals surface area (Å²) in [5.74, 6) is -0.473. The smallest absolute Gasteiger partial charge is 0.306 e. The number of hydrogen-bond acceptors (Lipinski definition) is 5. The zero-order valence-corrected chi connectivity index (χ0v) is 35.7. The van der Waals surface area contributed by atoms with Crippen molar-refractivity contribution < 1.29 is 24.5 Å². The largest absolute Gasteiger partial charge is 0.462 e. The van der Waals surface area contributed by atoms with Gasteiger partial charge in [-0.25, -0.2) is 0 Å². The zero-order chi connectivity index (χ0) is 38.9. The molecular weight excluding hydrogens is 659 g/mol. The number of aliphatic hydroxyl groups is 2. The van der Waals surface area contributed by atoms with Crippen LogP contribution >= 0.6 is 0 Å². The average Bonchev–Trinajstić information content (AvgIpc) is 3.15. The average molecular weight is 750 g/mol. The first kappa shape index (κ1) is 51.6. The van der Waals surface area contributed by atoms with E-state index < -0.39 is 18.2 Å². The fourth-order valence-corrected chi connectivity index (χ4v) is 7.25. The van der Waals surface area contributed by atoms with E-state index in [-0.39, 0.29) is 24.9 Å². The fraction of sp³-hybridized carbons (Fsp3) is 0.915. The van der Waals surface area contributed by atoms with E-state index >= 15 is 0 Å². The summed E-state index contributed by atoms with van der Waals surface area (Å²) in [5.41, 5.74) is 0. The Morgan fingerprint density at radius 1 is 0.528 bits per heavy atom. The van der Waals surface area contributed by atoms with Crippen molar-refractivity contribution in [3.8, 4) is 0 Å². The van der Waals surface area contributed by atoms with Gasteiger partial charge in [-0.3, -0.25) is 9.59 Å². The molecule has 0 aromatic carbocycles.